The van der Waals surface area contributed by atoms with Crippen molar-refractivity contribution in [2.45, 2.75) is 16.1 Å². The summed E-state index contributed by atoms with van der Waals surface area (Å²) in [5, 5.41) is 9.16. The van der Waals surface area contributed by atoms with Crippen molar-refractivity contribution in [3.05, 3.63) is 59.1 Å². The largest absolute Gasteiger partial charge is 0.497 e. The molecule has 1 N–H and O–H groups in total. The van der Waals surface area contributed by atoms with Crippen LogP contribution in [-0.2, 0) is 19.4 Å². The number of methoxy groups -OCH3 is 2. The maximum absolute atomic E-state index is 13.2. The van der Waals surface area contributed by atoms with E-state index >= 15 is 0 Å². The van der Waals surface area contributed by atoms with Crippen LogP contribution < -0.4 is 4.74 Å². The molecule has 8 heteroatoms. The van der Waals surface area contributed by atoms with E-state index in [0.29, 0.717) is 16.3 Å². The quantitative estimate of drug-likeness (QED) is 0.754. The molecule has 1 aliphatic carbocycles. The van der Waals surface area contributed by atoms with Crippen molar-refractivity contribution in [3.63, 3.8) is 0 Å². The molecule has 0 radical (unpaired) electrons. The van der Waals surface area contributed by atoms with E-state index in [1.54, 1.807) is 24.3 Å². The average molecular weight is 411 g/mol. The third-order valence-electron chi connectivity index (χ3n) is 4.99. The fourth-order valence-electron chi connectivity index (χ4n) is 3.64. The molecule has 0 spiro atoms. The molecule has 0 amide bonds. The van der Waals surface area contributed by atoms with Crippen molar-refractivity contribution in [2.75, 3.05) is 20.8 Å². The summed E-state index contributed by atoms with van der Waals surface area (Å²) in [6, 6.07) is 12.5. The summed E-state index contributed by atoms with van der Waals surface area (Å²) < 4.78 is 36.7. The minimum atomic E-state index is -3.92. The van der Waals surface area contributed by atoms with Gasteiger partial charge in [0.25, 0.3) is 0 Å². The second-order valence-corrected chi connectivity index (χ2v) is 8.95. The third-order valence-corrected chi connectivity index (χ3v) is 7.53. The van der Waals surface area contributed by atoms with Crippen molar-refractivity contribution in [3.8, 4) is 5.75 Å². The van der Waals surface area contributed by atoms with Gasteiger partial charge in [0.05, 0.1) is 23.9 Å². The number of hydrogen-bond acceptors (Lipinski definition) is 5. The summed E-state index contributed by atoms with van der Waals surface area (Å²) in [6.07, 6.45) is 0. The summed E-state index contributed by atoms with van der Waals surface area (Å²) in [5.74, 6) is -1.33. The van der Waals surface area contributed by atoms with Gasteiger partial charge in [0.1, 0.15) is 11.2 Å². The van der Waals surface area contributed by atoms with Gasteiger partial charge in [0.15, 0.2) is 9.84 Å². The van der Waals surface area contributed by atoms with Crippen LogP contribution in [0.3, 0.4) is 0 Å². The van der Waals surface area contributed by atoms with Crippen molar-refractivity contribution < 1.29 is 27.8 Å². The van der Waals surface area contributed by atoms with E-state index in [1.807, 2.05) is 0 Å². The standard InChI is InChI=1S/C19H19ClO6S/c1-25-11-19(18(21)22)16(12-3-7-14(26-2)8-4-12)17(19)27(23,24)15-9-5-13(20)6-10-15/h3-10,16-17H,11H2,1-2H3,(H,21,22)/t16-,17-,19-/m0/s1. The first-order valence-electron chi connectivity index (χ1n) is 8.14. The lowest BCUT2D eigenvalue weighted by molar-refractivity contribution is -0.145. The van der Waals surface area contributed by atoms with E-state index in [-0.39, 0.29) is 11.5 Å². The monoisotopic (exact) mass is 410 g/mol. The number of ether oxygens (including phenoxy) is 2. The number of halogens is 1. The molecule has 1 saturated carbocycles. The van der Waals surface area contributed by atoms with Gasteiger partial charge in [0, 0.05) is 18.1 Å². The van der Waals surface area contributed by atoms with Gasteiger partial charge < -0.3 is 14.6 Å². The Morgan fingerprint density at radius 2 is 1.70 bits per heavy atom. The van der Waals surface area contributed by atoms with E-state index in [0.717, 1.165) is 0 Å². The smallest absolute Gasteiger partial charge is 0.314 e. The molecule has 2 aromatic carbocycles. The van der Waals surface area contributed by atoms with Crippen LogP contribution in [0.4, 0.5) is 0 Å². The predicted octanol–water partition coefficient (Wildman–Crippen LogP) is 3.01. The minimum Gasteiger partial charge on any atom is -0.497 e. The van der Waals surface area contributed by atoms with Crippen LogP contribution in [0.25, 0.3) is 0 Å². The van der Waals surface area contributed by atoms with E-state index in [1.165, 1.54) is 38.5 Å². The zero-order valence-electron chi connectivity index (χ0n) is 14.8. The van der Waals surface area contributed by atoms with E-state index < -0.39 is 32.4 Å². The zero-order chi connectivity index (χ0) is 19.8. The van der Waals surface area contributed by atoms with Gasteiger partial charge in [-0.2, -0.15) is 0 Å². The molecular weight excluding hydrogens is 392 g/mol. The number of benzene rings is 2. The molecule has 0 aliphatic heterocycles. The maximum atomic E-state index is 13.2. The summed E-state index contributed by atoms with van der Waals surface area (Å²) in [7, 11) is -1.04. The average Bonchev–Trinajstić information content (AvgIpc) is 3.33. The van der Waals surface area contributed by atoms with E-state index in [4.69, 9.17) is 21.1 Å². The van der Waals surface area contributed by atoms with Gasteiger partial charge in [-0.25, -0.2) is 8.42 Å². The number of rotatable bonds is 7. The Kier molecular flexibility index (Phi) is 5.20. The number of hydrogen-bond donors (Lipinski definition) is 1. The first kappa shape index (κ1) is 19.7. The molecule has 1 aliphatic rings. The molecule has 3 atom stereocenters. The number of carboxylic acid groups (broad SMARTS) is 1. The van der Waals surface area contributed by atoms with Crippen LogP contribution in [0, 0.1) is 5.41 Å². The third kappa shape index (κ3) is 3.20. The van der Waals surface area contributed by atoms with Crippen LogP contribution in [0.15, 0.2) is 53.4 Å². The molecule has 0 bridgehead atoms. The van der Waals surface area contributed by atoms with Crippen LogP contribution in [0.5, 0.6) is 5.75 Å². The Morgan fingerprint density at radius 3 is 2.19 bits per heavy atom. The summed E-state index contributed by atoms with van der Waals surface area (Å²) >= 11 is 5.85. The van der Waals surface area contributed by atoms with Crippen molar-refractivity contribution >= 4 is 27.4 Å². The Hall–Kier alpha value is -2.09. The molecule has 2 aromatic rings. The zero-order valence-corrected chi connectivity index (χ0v) is 16.3. The molecule has 0 unspecified atom stereocenters. The molecule has 1 fully saturated rings. The molecule has 3 rings (SSSR count). The Labute approximate surface area is 162 Å². The van der Waals surface area contributed by atoms with Crippen molar-refractivity contribution in [1.82, 2.24) is 0 Å². The lowest BCUT2D eigenvalue weighted by Gasteiger charge is -2.12. The highest BCUT2D eigenvalue weighted by Gasteiger charge is 2.76. The molecule has 0 aromatic heterocycles. The van der Waals surface area contributed by atoms with E-state index in [2.05, 4.69) is 0 Å². The highest BCUT2D eigenvalue weighted by Crippen LogP contribution is 2.64. The highest BCUT2D eigenvalue weighted by atomic mass is 35.5. The molecular formula is C19H19ClO6S. The number of aliphatic carboxylic acids is 1. The Balaban J connectivity index is 2.09. The molecule has 6 nitrogen and oxygen atoms in total. The molecule has 144 valence electrons. The van der Waals surface area contributed by atoms with Crippen LogP contribution in [0.2, 0.25) is 5.02 Å². The van der Waals surface area contributed by atoms with Gasteiger partial charge in [-0.3, -0.25) is 4.79 Å². The fourth-order valence-corrected chi connectivity index (χ4v) is 6.13. The normalized spacial score (nSPS) is 24.4. The second-order valence-electron chi connectivity index (χ2n) is 6.45. The van der Waals surface area contributed by atoms with Crippen molar-refractivity contribution in [2.24, 2.45) is 5.41 Å². The van der Waals surface area contributed by atoms with Crippen LogP contribution in [0.1, 0.15) is 11.5 Å². The van der Waals surface area contributed by atoms with E-state index in [9.17, 15) is 18.3 Å². The number of carboxylic acids is 1. The Morgan fingerprint density at radius 1 is 1.11 bits per heavy atom. The topological polar surface area (TPSA) is 89.9 Å². The predicted molar refractivity (Wildman–Crippen MR) is 100 cm³/mol. The lowest BCUT2D eigenvalue weighted by atomic mass is 10.00. The molecule has 0 saturated heterocycles. The fraction of sp³-hybridized carbons (Fsp3) is 0.316. The lowest BCUT2D eigenvalue weighted by Crippen LogP contribution is -2.28. The van der Waals surface area contributed by atoms with Gasteiger partial charge in [-0.1, -0.05) is 23.7 Å². The first-order valence-corrected chi connectivity index (χ1v) is 10.1. The highest BCUT2D eigenvalue weighted by molar-refractivity contribution is 7.92. The van der Waals surface area contributed by atoms with Gasteiger partial charge in [-0.15, -0.1) is 0 Å². The maximum Gasteiger partial charge on any atom is 0.314 e. The van der Waals surface area contributed by atoms with Gasteiger partial charge in [-0.05, 0) is 42.0 Å². The number of sulfone groups is 1. The molecule has 27 heavy (non-hydrogen) atoms. The first-order chi connectivity index (χ1) is 12.8. The van der Waals surface area contributed by atoms with Crippen molar-refractivity contribution in [1.29, 1.82) is 0 Å². The second kappa shape index (κ2) is 7.14. The summed E-state index contributed by atoms with van der Waals surface area (Å²) in [4.78, 5) is 12.2. The molecule has 0 heterocycles. The SMILES string of the molecule is COC[C@]1(C(=O)O)[C@@H](c2ccc(OC)cc2)[C@@H]1S(=O)(=O)c1ccc(Cl)cc1. The Bertz CT molecular complexity index is 939. The number of carbonyl (C=O) groups is 1. The van der Waals surface area contributed by atoms with Crippen LogP contribution >= 0.6 is 11.6 Å². The summed E-state index contributed by atoms with van der Waals surface area (Å²) in [5.41, 5.74) is -0.945. The van der Waals surface area contributed by atoms with Gasteiger partial charge in [0.2, 0.25) is 0 Å². The van der Waals surface area contributed by atoms with Gasteiger partial charge >= 0.3 is 5.97 Å². The minimum absolute atomic E-state index is 0.0367. The van der Waals surface area contributed by atoms with Crippen LogP contribution in [-0.4, -0.2) is 45.6 Å². The summed E-state index contributed by atoms with van der Waals surface area (Å²) in [6.45, 7) is -0.212.